The number of carbonyl (C=O) groups is 1. The summed E-state index contributed by atoms with van der Waals surface area (Å²) in [5, 5.41) is 0. The number of aromatic nitrogens is 1. The topological polar surface area (TPSA) is 93.0 Å². The zero-order valence-corrected chi connectivity index (χ0v) is 11.0. The molecule has 5 nitrogen and oxygen atoms in total. The number of H-pyrrole nitrogens is 1. The number of hydrogen-bond acceptors (Lipinski definition) is 3. The largest absolute Gasteiger partial charge is 0.365 e. The molecule has 2 aromatic rings. The highest BCUT2D eigenvalue weighted by atomic mass is 32.2. The highest BCUT2D eigenvalue weighted by molar-refractivity contribution is 7.84. The van der Waals surface area contributed by atoms with Crippen LogP contribution < -0.4 is 11.3 Å². The fraction of sp³-hybridized carbons (Fsp3) is 0.0769. The van der Waals surface area contributed by atoms with E-state index >= 15 is 0 Å². The van der Waals surface area contributed by atoms with Gasteiger partial charge in [0.15, 0.2) is 0 Å². The van der Waals surface area contributed by atoms with E-state index in [9.17, 15) is 13.8 Å². The van der Waals surface area contributed by atoms with Crippen LogP contribution in [0.2, 0.25) is 0 Å². The molecule has 1 aromatic heterocycles. The van der Waals surface area contributed by atoms with Gasteiger partial charge < -0.3 is 10.7 Å². The molecule has 0 saturated carbocycles. The number of carbonyl (C=O) groups excluding carboxylic acids is 1. The van der Waals surface area contributed by atoms with E-state index in [1.165, 1.54) is 12.3 Å². The van der Waals surface area contributed by atoms with Crippen LogP contribution in [0, 0.1) is 0 Å². The van der Waals surface area contributed by atoms with Crippen LogP contribution in [0.4, 0.5) is 0 Å². The van der Waals surface area contributed by atoms with Gasteiger partial charge in [0, 0.05) is 28.1 Å². The molecule has 2 rings (SSSR count). The third-order valence-corrected chi connectivity index (χ3v) is 3.62. The molecule has 0 fully saturated rings. The SMILES string of the molecule is CS(=O)c1ccc(-c2c[nH]c(=O)c(C(N)=O)c2)cc1. The zero-order valence-electron chi connectivity index (χ0n) is 10.2. The summed E-state index contributed by atoms with van der Waals surface area (Å²) in [5.41, 5.74) is 6.00. The number of nitrogens with one attached hydrogen (secondary N) is 1. The van der Waals surface area contributed by atoms with Crippen LogP contribution in [0.1, 0.15) is 10.4 Å². The van der Waals surface area contributed by atoms with E-state index in [-0.39, 0.29) is 5.56 Å². The minimum absolute atomic E-state index is 0.0827. The summed E-state index contributed by atoms with van der Waals surface area (Å²) in [4.78, 5) is 25.7. The molecule has 98 valence electrons. The van der Waals surface area contributed by atoms with Crippen LogP contribution >= 0.6 is 0 Å². The van der Waals surface area contributed by atoms with Crippen molar-refractivity contribution in [3.8, 4) is 11.1 Å². The van der Waals surface area contributed by atoms with Gasteiger partial charge in [-0.15, -0.1) is 0 Å². The first-order valence-electron chi connectivity index (χ1n) is 5.45. The quantitative estimate of drug-likeness (QED) is 0.871. The molecule has 0 aliphatic rings. The van der Waals surface area contributed by atoms with Crippen LogP contribution in [0.3, 0.4) is 0 Å². The van der Waals surface area contributed by atoms with E-state index in [2.05, 4.69) is 4.98 Å². The molecule has 1 aromatic carbocycles. The van der Waals surface area contributed by atoms with Crippen molar-refractivity contribution < 1.29 is 9.00 Å². The van der Waals surface area contributed by atoms with E-state index in [0.29, 0.717) is 10.5 Å². The Labute approximate surface area is 111 Å². The Hall–Kier alpha value is -2.21. The Bertz CT molecular complexity index is 705. The second-order valence-corrected chi connectivity index (χ2v) is 5.35. The molecule has 0 bridgehead atoms. The molecule has 0 spiro atoms. The van der Waals surface area contributed by atoms with Crippen molar-refractivity contribution in [3.05, 3.63) is 52.4 Å². The van der Waals surface area contributed by atoms with Gasteiger partial charge in [-0.3, -0.25) is 13.8 Å². The summed E-state index contributed by atoms with van der Waals surface area (Å²) >= 11 is 0. The maximum absolute atomic E-state index is 11.4. The number of amides is 1. The summed E-state index contributed by atoms with van der Waals surface area (Å²) in [7, 11) is -1.04. The normalized spacial score (nSPS) is 12.1. The first-order valence-corrected chi connectivity index (χ1v) is 7.01. The standard InChI is InChI=1S/C13H12N2O3S/c1-19(18)10-4-2-8(3-5-10)9-6-11(12(14)16)13(17)15-7-9/h2-7H,1H3,(H2,14,16)(H,15,17). The van der Waals surface area contributed by atoms with Gasteiger partial charge in [0.25, 0.3) is 11.5 Å². The van der Waals surface area contributed by atoms with Crippen LogP contribution in [0.25, 0.3) is 11.1 Å². The van der Waals surface area contributed by atoms with Gasteiger partial charge in [-0.1, -0.05) is 12.1 Å². The molecular formula is C13H12N2O3S. The van der Waals surface area contributed by atoms with Crippen molar-refractivity contribution >= 4 is 16.7 Å². The van der Waals surface area contributed by atoms with Gasteiger partial charge in [0.2, 0.25) is 0 Å². The van der Waals surface area contributed by atoms with Crippen molar-refractivity contribution in [1.29, 1.82) is 0 Å². The highest BCUT2D eigenvalue weighted by Crippen LogP contribution is 2.19. The summed E-state index contributed by atoms with van der Waals surface area (Å²) in [5.74, 6) is -0.769. The summed E-state index contributed by atoms with van der Waals surface area (Å²) < 4.78 is 11.3. The first kappa shape index (κ1) is 13.2. The van der Waals surface area contributed by atoms with Crippen LogP contribution in [0.5, 0.6) is 0 Å². The van der Waals surface area contributed by atoms with E-state index in [4.69, 9.17) is 5.73 Å². The lowest BCUT2D eigenvalue weighted by atomic mass is 10.1. The van der Waals surface area contributed by atoms with Gasteiger partial charge >= 0.3 is 0 Å². The molecule has 0 aliphatic carbocycles. The smallest absolute Gasteiger partial charge is 0.260 e. The maximum Gasteiger partial charge on any atom is 0.260 e. The Kier molecular flexibility index (Phi) is 3.62. The fourth-order valence-corrected chi connectivity index (χ4v) is 2.19. The number of pyridine rings is 1. The predicted molar refractivity (Wildman–Crippen MR) is 73.3 cm³/mol. The summed E-state index contributed by atoms with van der Waals surface area (Å²) in [6.45, 7) is 0. The number of aromatic amines is 1. The number of nitrogens with two attached hydrogens (primary N) is 1. The van der Waals surface area contributed by atoms with Gasteiger partial charge in [-0.2, -0.15) is 0 Å². The average molecular weight is 276 g/mol. The van der Waals surface area contributed by atoms with E-state index in [1.807, 2.05) is 0 Å². The van der Waals surface area contributed by atoms with Crippen LogP contribution in [0.15, 0.2) is 46.2 Å². The Morgan fingerprint density at radius 2 is 1.84 bits per heavy atom. The van der Waals surface area contributed by atoms with E-state index in [0.717, 1.165) is 5.56 Å². The third kappa shape index (κ3) is 2.79. The van der Waals surface area contributed by atoms with Crippen molar-refractivity contribution in [2.24, 2.45) is 5.73 Å². The molecule has 0 aliphatic heterocycles. The molecule has 0 radical (unpaired) electrons. The maximum atomic E-state index is 11.4. The van der Waals surface area contributed by atoms with Gasteiger partial charge in [0.1, 0.15) is 5.56 Å². The van der Waals surface area contributed by atoms with Crippen molar-refractivity contribution in [3.63, 3.8) is 0 Å². The molecule has 6 heteroatoms. The molecule has 1 unspecified atom stereocenters. The lowest BCUT2D eigenvalue weighted by Gasteiger charge is -2.04. The van der Waals surface area contributed by atoms with Gasteiger partial charge in [-0.25, -0.2) is 0 Å². The monoisotopic (exact) mass is 276 g/mol. The second-order valence-electron chi connectivity index (χ2n) is 3.97. The minimum atomic E-state index is -1.04. The predicted octanol–water partition coefficient (Wildman–Crippen LogP) is 0.878. The highest BCUT2D eigenvalue weighted by Gasteiger charge is 2.08. The lowest BCUT2D eigenvalue weighted by Crippen LogP contribution is -2.23. The van der Waals surface area contributed by atoms with E-state index in [1.54, 1.807) is 30.5 Å². The summed E-state index contributed by atoms with van der Waals surface area (Å²) in [6, 6.07) is 8.46. The fourth-order valence-electron chi connectivity index (χ4n) is 1.67. The molecule has 3 N–H and O–H groups in total. The Morgan fingerprint density at radius 3 is 2.37 bits per heavy atom. The minimum Gasteiger partial charge on any atom is -0.365 e. The van der Waals surface area contributed by atoms with Crippen LogP contribution in [-0.4, -0.2) is 21.4 Å². The summed E-state index contributed by atoms with van der Waals surface area (Å²) in [6.07, 6.45) is 3.10. The Morgan fingerprint density at radius 1 is 1.21 bits per heavy atom. The third-order valence-electron chi connectivity index (χ3n) is 2.69. The van der Waals surface area contributed by atoms with Gasteiger partial charge in [-0.05, 0) is 29.3 Å². The van der Waals surface area contributed by atoms with Crippen molar-refractivity contribution in [2.75, 3.05) is 6.26 Å². The number of hydrogen-bond donors (Lipinski definition) is 2. The number of primary amides is 1. The molecule has 19 heavy (non-hydrogen) atoms. The lowest BCUT2D eigenvalue weighted by molar-refractivity contribution is 0.0999. The van der Waals surface area contributed by atoms with Gasteiger partial charge in [0.05, 0.1) is 0 Å². The molecule has 0 saturated heterocycles. The molecule has 1 atom stereocenters. The molecule has 1 amide bonds. The molecular weight excluding hydrogens is 264 g/mol. The first-order chi connectivity index (χ1) is 8.99. The zero-order chi connectivity index (χ0) is 14.0. The Balaban J connectivity index is 2.47. The number of benzene rings is 1. The average Bonchev–Trinajstić information content (AvgIpc) is 2.39. The van der Waals surface area contributed by atoms with Crippen molar-refractivity contribution in [1.82, 2.24) is 4.98 Å². The molecule has 1 heterocycles. The number of rotatable bonds is 3. The van der Waals surface area contributed by atoms with Crippen molar-refractivity contribution in [2.45, 2.75) is 4.90 Å². The van der Waals surface area contributed by atoms with Crippen LogP contribution in [-0.2, 0) is 10.8 Å². The van der Waals surface area contributed by atoms with E-state index < -0.39 is 22.3 Å². The second kappa shape index (κ2) is 5.19.